The van der Waals surface area contributed by atoms with Gasteiger partial charge < -0.3 is 15.7 Å². The average Bonchev–Trinajstić information content (AvgIpc) is 2.53. The third-order valence-electron chi connectivity index (χ3n) is 3.19. The Labute approximate surface area is 133 Å². The fourth-order valence-corrected chi connectivity index (χ4v) is 2.04. The summed E-state index contributed by atoms with van der Waals surface area (Å²) in [6.45, 7) is 1.48. The average molecular weight is 312 g/mol. The van der Waals surface area contributed by atoms with E-state index in [1.54, 1.807) is 43.3 Å². The van der Waals surface area contributed by atoms with Crippen molar-refractivity contribution >= 4 is 23.5 Å². The van der Waals surface area contributed by atoms with Gasteiger partial charge in [-0.05, 0) is 42.8 Å². The van der Waals surface area contributed by atoms with Gasteiger partial charge in [0.15, 0.2) is 0 Å². The van der Waals surface area contributed by atoms with Gasteiger partial charge in [-0.1, -0.05) is 18.2 Å². The van der Waals surface area contributed by atoms with Gasteiger partial charge in [0, 0.05) is 11.3 Å². The number of carboxylic acid groups (broad SMARTS) is 1. The molecule has 6 heteroatoms. The van der Waals surface area contributed by atoms with Crippen LogP contribution in [0.25, 0.3) is 0 Å². The molecular weight excluding hydrogens is 296 g/mol. The number of aromatic carboxylic acids is 1. The number of hydrogen-bond donors (Lipinski definition) is 3. The van der Waals surface area contributed by atoms with E-state index in [9.17, 15) is 14.4 Å². The first kappa shape index (κ1) is 16.2. The smallest absolute Gasteiger partial charge is 0.335 e. The molecule has 2 aromatic carbocycles. The van der Waals surface area contributed by atoms with Gasteiger partial charge in [-0.15, -0.1) is 0 Å². The summed E-state index contributed by atoms with van der Waals surface area (Å²) in [6.07, 6.45) is 0. The Hall–Kier alpha value is -3.15. The fourth-order valence-electron chi connectivity index (χ4n) is 2.04. The monoisotopic (exact) mass is 312 g/mol. The Bertz CT molecular complexity index is 742. The molecule has 0 aromatic heterocycles. The highest BCUT2D eigenvalue weighted by Crippen LogP contribution is 2.15. The molecule has 0 aliphatic carbocycles. The summed E-state index contributed by atoms with van der Waals surface area (Å²) >= 11 is 0. The fraction of sp³-hybridized carbons (Fsp3) is 0.118. The molecule has 0 spiro atoms. The van der Waals surface area contributed by atoms with Crippen LogP contribution in [-0.2, 0) is 4.79 Å². The summed E-state index contributed by atoms with van der Waals surface area (Å²) in [4.78, 5) is 34.6. The summed E-state index contributed by atoms with van der Waals surface area (Å²) in [5, 5.41) is 14.1. The van der Waals surface area contributed by atoms with Gasteiger partial charge in [0.2, 0.25) is 5.91 Å². The molecule has 0 fully saturated rings. The van der Waals surface area contributed by atoms with Crippen molar-refractivity contribution in [2.45, 2.75) is 6.92 Å². The normalized spacial score (nSPS) is 9.96. The number of anilines is 1. The second kappa shape index (κ2) is 7.22. The molecule has 0 heterocycles. The standard InChI is InChI=1S/C17H16N2O4/c1-11-9-13(7-8-14(11)17(22)23)19-15(20)10-18-16(21)12-5-3-2-4-6-12/h2-9H,10H2,1H3,(H,18,21)(H,19,20)(H,22,23). The molecule has 2 amide bonds. The Morgan fingerprint density at radius 3 is 2.35 bits per heavy atom. The highest BCUT2D eigenvalue weighted by Gasteiger charge is 2.10. The number of benzene rings is 2. The van der Waals surface area contributed by atoms with Crippen LogP contribution >= 0.6 is 0 Å². The van der Waals surface area contributed by atoms with E-state index >= 15 is 0 Å². The quantitative estimate of drug-likeness (QED) is 0.787. The highest BCUT2D eigenvalue weighted by molar-refractivity contribution is 5.99. The highest BCUT2D eigenvalue weighted by atomic mass is 16.4. The summed E-state index contributed by atoms with van der Waals surface area (Å²) in [6, 6.07) is 13.1. The molecule has 118 valence electrons. The van der Waals surface area contributed by atoms with Gasteiger partial charge in [0.05, 0.1) is 12.1 Å². The maximum Gasteiger partial charge on any atom is 0.335 e. The van der Waals surface area contributed by atoms with Crippen molar-refractivity contribution < 1.29 is 19.5 Å². The molecular formula is C17H16N2O4. The first-order valence-corrected chi connectivity index (χ1v) is 6.94. The summed E-state index contributed by atoms with van der Waals surface area (Å²) in [5.74, 6) is -1.74. The minimum Gasteiger partial charge on any atom is -0.478 e. The minimum atomic E-state index is -1.02. The van der Waals surface area contributed by atoms with Crippen LogP contribution in [0, 0.1) is 6.92 Å². The van der Waals surface area contributed by atoms with Crippen LogP contribution in [0.2, 0.25) is 0 Å². The van der Waals surface area contributed by atoms with Gasteiger partial charge in [0.1, 0.15) is 0 Å². The number of rotatable bonds is 5. The lowest BCUT2D eigenvalue weighted by atomic mass is 10.1. The molecule has 0 atom stereocenters. The van der Waals surface area contributed by atoms with E-state index in [1.807, 2.05) is 0 Å². The third kappa shape index (κ3) is 4.41. The molecule has 0 bridgehead atoms. The lowest BCUT2D eigenvalue weighted by Gasteiger charge is -2.09. The van der Waals surface area contributed by atoms with Crippen LogP contribution in [-0.4, -0.2) is 29.4 Å². The minimum absolute atomic E-state index is 0.173. The SMILES string of the molecule is Cc1cc(NC(=O)CNC(=O)c2ccccc2)ccc1C(=O)O. The summed E-state index contributed by atoms with van der Waals surface area (Å²) in [7, 11) is 0. The second-order valence-electron chi connectivity index (χ2n) is 4.93. The molecule has 2 aromatic rings. The molecule has 0 saturated heterocycles. The number of nitrogens with one attached hydrogen (secondary N) is 2. The van der Waals surface area contributed by atoms with Crippen LogP contribution in [0.1, 0.15) is 26.3 Å². The first-order chi connectivity index (χ1) is 11.0. The molecule has 0 unspecified atom stereocenters. The van der Waals surface area contributed by atoms with E-state index in [1.165, 1.54) is 12.1 Å². The Kier molecular flexibility index (Phi) is 5.09. The zero-order valence-electron chi connectivity index (χ0n) is 12.5. The molecule has 6 nitrogen and oxygen atoms in total. The predicted octanol–water partition coefficient (Wildman–Crippen LogP) is 2.06. The molecule has 3 N–H and O–H groups in total. The van der Waals surface area contributed by atoms with Crippen LogP contribution in [0.4, 0.5) is 5.69 Å². The zero-order chi connectivity index (χ0) is 16.8. The van der Waals surface area contributed by atoms with Crippen molar-refractivity contribution in [1.82, 2.24) is 5.32 Å². The Balaban J connectivity index is 1.91. The zero-order valence-corrected chi connectivity index (χ0v) is 12.5. The van der Waals surface area contributed by atoms with Crippen molar-refractivity contribution in [3.63, 3.8) is 0 Å². The molecule has 0 saturated carbocycles. The number of carbonyl (C=O) groups is 3. The number of carbonyl (C=O) groups excluding carboxylic acids is 2. The van der Waals surface area contributed by atoms with Crippen molar-refractivity contribution in [3.8, 4) is 0 Å². The van der Waals surface area contributed by atoms with Crippen LogP contribution in [0.3, 0.4) is 0 Å². The van der Waals surface area contributed by atoms with Crippen LogP contribution in [0.5, 0.6) is 0 Å². The van der Waals surface area contributed by atoms with Gasteiger partial charge in [-0.2, -0.15) is 0 Å². The summed E-state index contributed by atoms with van der Waals surface area (Å²) in [5.41, 5.74) is 1.68. The van der Waals surface area contributed by atoms with Crippen LogP contribution < -0.4 is 10.6 Å². The van der Waals surface area contributed by atoms with Gasteiger partial charge in [-0.25, -0.2) is 4.79 Å². The number of hydrogen-bond acceptors (Lipinski definition) is 3. The van der Waals surface area contributed by atoms with E-state index in [2.05, 4.69) is 10.6 Å². The van der Waals surface area contributed by atoms with Gasteiger partial charge >= 0.3 is 5.97 Å². The lowest BCUT2D eigenvalue weighted by molar-refractivity contribution is -0.115. The van der Waals surface area contributed by atoms with E-state index in [-0.39, 0.29) is 18.0 Å². The maximum absolute atomic E-state index is 11.8. The van der Waals surface area contributed by atoms with Crippen molar-refractivity contribution in [1.29, 1.82) is 0 Å². The van der Waals surface area contributed by atoms with E-state index in [0.717, 1.165) is 0 Å². The molecule has 23 heavy (non-hydrogen) atoms. The second-order valence-corrected chi connectivity index (χ2v) is 4.93. The topological polar surface area (TPSA) is 95.5 Å². The summed E-state index contributed by atoms with van der Waals surface area (Å²) < 4.78 is 0. The van der Waals surface area contributed by atoms with Crippen molar-refractivity contribution in [2.75, 3.05) is 11.9 Å². The number of carboxylic acids is 1. The van der Waals surface area contributed by atoms with E-state index < -0.39 is 11.9 Å². The van der Waals surface area contributed by atoms with Crippen molar-refractivity contribution in [2.24, 2.45) is 0 Å². The number of amides is 2. The lowest BCUT2D eigenvalue weighted by Crippen LogP contribution is -2.32. The third-order valence-corrected chi connectivity index (χ3v) is 3.19. The van der Waals surface area contributed by atoms with Crippen molar-refractivity contribution in [3.05, 3.63) is 65.2 Å². The molecule has 0 aliphatic heterocycles. The molecule has 0 aliphatic rings. The molecule has 2 rings (SSSR count). The van der Waals surface area contributed by atoms with Crippen LogP contribution in [0.15, 0.2) is 48.5 Å². The predicted molar refractivity (Wildman–Crippen MR) is 85.5 cm³/mol. The largest absolute Gasteiger partial charge is 0.478 e. The van der Waals surface area contributed by atoms with Gasteiger partial charge in [0.25, 0.3) is 5.91 Å². The van der Waals surface area contributed by atoms with Gasteiger partial charge in [-0.3, -0.25) is 9.59 Å². The Morgan fingerprint density at radius 1 is 1.04 bits per heavy atom. The van der Waals surface area contributed by atoms with E-state index in [4.69, 9.17) is 5.11 Å². The molecule has 0 radical (unpaired) electrons. The maximum atomic E-state index is 11.8. The van der Waals surface area contributed by atoms with E-state index in [0.29, 0.717) is 16.8 Å². The first-order valence-electron chi connectivity index (χ1n) is 6.94. The number of aryl methyl sites for hydroxylation is 1. The Morgan fingerprint density at radius 2 is 1.74 bits per heavy atom.